The zero-order valence-corrected chi connectivity index (χ0v) is 16.2. The quantitative estimate of drug-likeness (QED) is 0.722. The van der Waals surface area contributed by atoms with Gasteiger partial charge in [-0.25, -0.2) is 0 Å². The molecule has 24 heavy (non-hydrogen) atoms. The summed E-state index contributed by atoms with van der Waals surface area (Å²) in [7, 11) is 0. The van der Waals surface area contributed by atoms with Crippen molar-refractivity contribution in [2.24, 2.45) is 11.5 Å². The molecular formula is C18H22Cl4N2. The number of benzene rings is 2. The Labute approximate surface area is 165 Å². The lowest BCUT2D eigenvalue weighted by Crippen LogP contribution is -2.00. The summed E-state index contributed by atoms with van der Waals surface area (Å²) in [5.74, 6) is 1.18. The standard InChI is InChI=1S/2C9H10ClN.2ClH/c2*10-7-3-1-6(2-4-7)8-5-9(8)11;;/h2*1-4,8-9H,5,11H2;2*1H/t2*8-,9-;;/m10../s1. The van der Waals surface area contributed by atoms with Crippen LogP contribution in [0.5, 0.6) is 0 Å². The monoisotopic (exact) mass is 406 g/mol. The van der Waals surface area contributed by atoms with Gasteiger partial charge in [0.05, 0.1) is 0 Å². The molecule has 0 radical (unpaired) electrons. The Morgan fingerprint density at radius 1 is 0.625 bits per heavy atom. The van der Waals surface area contributed by atoms with Crippen LogP contribution in [0, 0.1) is 0 Å². The molecule has 0 aromatic heterocycles. The highest BCUT2D eigenvalue weighted by atomic mass is 35.5. The van der Waals surface area contributed by atoms with Crippen LogP contribution in [0.25, 0.3) is 0 Å². The fourth-order valence-electron chi connectivity index (χ4n) is 2.62. The van der Waals surface area contributed by atoms with Crippen molar-refractivity contribution in [3.8, 4) is 0 Å². The first-order valence-corrected chi connectivity index (χ1v) is 8.32. The van der Waals surface area contributed by atoms with Crippen LogP contribution in [-0.2, 0) is 0 Å². The molecule has 4 atom stereocenters. The Bertz CT molecular complexity index is 573. The van der Waals surface area contributed by atoms with Crippen LogP contribution >= 0.6 is 48.0 Å². The first-order chi connectivity index (χ1) is 10.5. The van der Waals surface area contributed by atoms with E-state index in [2.05, 4.69) is 24.3 Å². The Morgan fingerprint density at radius 2 is 0.875 bits per heavy atom. The lowest BCUT2D eigenvalue weighted by Gasteiger charge is -1.96. The summed E-state index contributed by atoms with van der Waals surface area (Å²) in [6.07, 6.45) is 2.25. The van der Waals surface area contributed by atoms with Gasteiger partial charge in [0.2, 0.25) is 0 Å². The SMILES string of the molecule is Cl.Cl.N[C@@H]1C[C@@H]1c1ccc(Cl)cc1.N[C@H]1C[C@H]1c1ccc(Cl)cc1. The molecule has 4 N–H and O–H groups in total. The summed E-state index contributed by atoms with van der Waals surface area (Å²) in [5.41, 5.74) is 14.0. The minimum atomic E-state index is 0. The highest BCUT2D eigenvalue weighted by Gasteiger charge is 2.35. The van der Waals surface area contributed by atoms with E-state index in [0.717, 1.165) is 22.9 Å². The predicted molar refractivity (Wildman–Crippen MR) is 108 cm³/mol. The van der Waals surface area contributed by atoms with Crippen molar-refractivity contribution in [2.45, 2.75) is 36.8 Å². The predicted octanol–water partition coefficient (Wildman–Crippen LogP) is 5.15. The highest BCUT2D eigenvalue weighted by molar-refractivity contribution is 6.30. The average Bonchev–Trinajstić information content (AvgIpc) is 3.41. The van der Waals surface area contributed by atoms with Gasteiger partial charge in [-0.2, -0.15) is 0 Å². The molecular weight excluding hydrogens is 386 g/mol. The maximum Gasteiger partial charge on any atom is 0.0406 e. The fraction of sp³-hybridized carbons (Fsp3) is 0.333. The lowest BCUT2D eigenvalue weighted by atomic mass is 10.1. The van der Waals surface area contributed by atoms with Gasteiger partial charge in [-0.3, -0.25) is 0 Å². The van der Waals surface area contributed by atoms with E-state index < -0.39 is 0 Å². The number of nitrogens with two attached hydrogens (primary N) is 2. The first kappa shape index (κ1) is 21.6. The Balaban J connectivity index is 0.000000222. The molecule has 2 aliphatic carbocycles. The Kier molecular flexibility index (Phi) is 8.34. The second kappa shape index (κ2) is 9.28. The maximum absolute atomic E-state index is 5.74. The highest BCUT2D eigenvalue weighted by Crippen LogP contribution is 2.39. The zero-order chi connectivity index (χ0) is 15.7. The lowest BCUT2D eigenvalue weighted by molar-refractivity contribution is 0.990. The number of hydrogen-bond acceptors (Lipinski definition) is 2. The number of halogens is 4. The van der Waals surface area contributed by atoms with Crippen LogP contribution in [0.2, 0.25) is 10.0 Å². The van der Waals surface area contributed by atoms with Crippen LogP contribution < -0.4 is 11.5 Å². The molecule has 0 unspecified atom stereocenters. The van der Waals surface area contributed by atoms with Gasteiger partial charge in [-0.05, 0) is 48.2 Å². The van der Waals surface area contributed by atoms with Crippen molar-refractivity contribution < 1.29 is 0 Å². The van der Waals surface area contributed by atoms with Crippen molar-refractivity contribution >= 4 is 48.0 Å². The number of hydrogen-bond donors (Lipinski definition) is 2. The maximum atomic E-state index is 5.74. The minimum Gasteiger partial charge on any atom is -0.327 e. The normalized spacial score (nSPS) is 26.2. The third kappa shape index (κ3) is 5.80. The molecule has 0 amide bonds. The van der Waals surface area contributed by atoms with Crippen LogP contribution in [0.3, 0.4) is 0 Å². The van der Waals surface area contributed by atoms with Crippen molar-refractivity contribution in [1.29, 1.82) is 0 Å². The molecule has 2 fully saturated rings. The van der Waals surface area contributed by atoms with Gasteiger partial charge in [-0.15, -0.1) is 24.8 Å². The van der Waals surface area contributed by atoms with E-state index in [-0.39, 0.29) is 24.8 Å². The summed E-state index contributed by atoms with van der Waals surface area (Å²) in [5, 5.41) is 1.59. The van der Waals surface area contributed by atoms with E-state index in [9.17, 15) is 0 Å². The summed E-state index contributed by atoms with van der Waals surface area (Å²) in [6.45, 7) is 0. The smallest absolute Gasteiger partial charge is 0.0406 e. The van der Waals surface area contributed by atoms with Gasteiger partial charge in [-0.1, -0.05) is 47.5 Å². The second-order valence-corrected chi connectivity index (χ2v) is 6.99. The largest absolute Gasteiger partial charge is 0.327 e. The third-order valence-electron chi connectivity index (χ3n) is 4.28. The molecule has 2 aliphatic rings. The zero-order valence-electron chi connectivity index (χ0n) is 13.1. The summed E-state index contributed by atoms with van der Waals surface area (Å²) < 4.78 is 0. The molecule has 4 rings (SSSR count). The van der Waals surface area contributed by atoms with E-state index >= 15 is 0 Å². The topological polar surface area (TPSA) is 52.0 Å². The van der Waals surface area contributed by atoms with Crippen molar-refractivity contribution in [3.05, 3.63) is 69.7 Å². The van der Waals surface area contributed by atoms with Gasteiger partial charge < -0.3 is 11.5 Å². The fourth-order valence-corrected chi connectivity index (χ4v) is 2.87. The van der Waals surface area contributed by atoms with Crippen molar-refractivity contribution in [2.75, 3.05) is 0 Å². The summed E-state index contributed by atoms with van der Waals surface area (Å²) in [4.78, 5) is 0. The molecule has 6 heteroatoms. The molecule has 2 aromatic carbocycles. The van der Waals surface area contributed by atoms with Crippen LogP contribution in [0.4, 0.5) is 0 Å². The van der Waals surface area contributed by atoms with E-state index in [1.54, 1.807) is 0 Å². The summed E-state index contributed by atoms with van der Waals surface area (Å²) in [6, 6.07) is 16.7. The third-order valence-corrected chi connectivity index (χ3v) is 4.78. The van der Waals surface area contributed by atoms with Gasteiger partial charge in [0.1, 0.15) is 0 Å². The second-order valence-electron chi connectivity index (χ2n) is 6.12. The molecule has 0 spiro atoms. The molecule has 2 nitrogen and oxygen atoms in total. The molecule has 0 heterocycles. The molecule has 2 saturated carbocycles. The molecule has 0 saturated heterocycles. The Hall–Kier alpha value is -0.480. The minimum absolute atomic E-state index is 0. The van der Waals surface area contributed by atoms with Crippen LogP contribution in [-0.4, -0.2) is 12.1 Å². The van der Waals surface area contributed by atoms with E-state index in [4.69, 9.17) is 34.7 Å². The molecule has 0 bridgehead atoms. The number of rotatable bonds is 2. The van der Waals surface area contributed by atoms with Gasteiger partial charge in [0, 0.05) is 34.0 Å². The van der Waals surface area contributed by atoms with Gasteiger partial charge in [0.15, 0.2) is 0 Å². The van der Waals surface area contributed by atoms with Crippen LogP contribution in [0.1, 0.15) is 35.8 Å². The van der Waals surface area contributed by atoms with E-state index in [0.29, 0.717) is 23.9 Å². The van der Waals surface area contributed by atoms with Gasteiger partial charge >= 0.3 is 0 Å². The summed E-state index contributed by atoms with van der Waals surface area (Å²) >= 11 is 11.5. The first-order valence-electron chi connectivity index (χ1n) is 7.56. The van der Waals surface area contributed by atoms with Crippen LogP contribution in [0.15, 0.2) is 48.5 Å². The average molecular weight is 408 g/mol. The Morgan fingerprint density at radius 3 is 1.08 bits per heavy atom. The van der Waals surface area contributed by atoms with Gasteiger partial charge in [0.25, 0.3) is 0 Å². The molecule has 0 aliphatic heterocycles. The molecule has 132 valence electrons. The van der Waals surface area contributed by atoms with Crippen molar-refractivity contribution in [1.82, 2.24) is 0 Å². The van der Waals surface area contributed by atoms with E-state index in [1.807, 2.05) is 24.3 Å². The van der Waals surface area contributed by atoms with Crippen molar-refractivity contribution in [3.63, 3.8) is 0 Å². The van der Waals surface area contributed by atoms with E-state index in [1.165, 1.54) is 11.1 Å². The molecule has 2 aromatic rings.